The lowest BCUT2D eigenvalue weighted by atomic mass is 10.1. The van der Waals surface area contributed by atoms with Gasteiger partial charge in [0, 0.05) is 5.38 Å². The number of aromatic nitrogens is 1. The van der Waals surface area contributed by atoms with Crippen LogP contribution in [-0.4, -0.2) is 18.1 Å². The van der Waals surface area contributed by atoms with Crippen molar-refractivity contribution in [1.82, 2.24) is 4.98 Å². The van der Waals surface area contributed by atoms with Crippen LogP contribution in [0.1, 0.15) is 30.6 Å². The Bertz CT molecular complexity index is 554. The van der Waals surface area contributed by atoms with E-state index in [-0.39, 0.29) is 18.4 Å². The number of anilines is 1. The van der Waals surface area contributed by atoms with Gasteiger partial charge in [-0.3, -0.25) is 4.79 Å². The van der Waals surface area contributed by atoms with E-state index in [0.717, 1.165) is 17.2 Å². The third-order valence-corrected chi connectivity index (χ3v) is 3.84. The minimum absolute atomic E-state index is 0.219. The molecule has 0 aliphatic heterocycles. The lowest BCUT2D eigenvalue weighted by Crippen LogP contribution is -2.10. The highest BCUT2D eigenvalue weighted by atomic mass is 32.1. The van der Waals surface area contributed by atoms with Gasteiger partial charge < -0.3 is 10.1 Å². The van der Waals surface area contributed by atoms with Gasteiger partial charge in [-0.1, -0.05) is 37.3 Å². The van der Waals surface area contributed by atoms with E-state index in [2.05, 4.69) is 34.1 Å². The minimum Gasteiger partial charge on any atom is -0.469 e. The van der Waals surface area contributed by atoms with Crippen LogP contribution in [0.25, 0.3) is 0 Å². The van der Waals surface area contributed by atoms with E-state index in [1.165, 1.54) is 24.0 Å². The summed E-state index contributed by atoms with van der Waals surface area (Å²) in [6.45, 7) is 2.13. The highest BCUT2D eigenvalue weighted by Gasteiger charge is 2.12. The quantitative estimate of drug-likeness (QED) is 0.828. The average molecular weight is 290 g/mol. The number of hydrogen-bond donors (Lipinski definition) is 1. The van der Waals surface area contributed by atoms with E-state index >= 15 is 0 Å². The third-order valence-electron chi connectivity index (χ3n) is 3.01. The van der Waals surface area contributed by atoms with E-state index in [1.54, 1.807) is 0 Å². The van der Waals surface area contributed by atoms with Crippen LogP contribution in [0.4, 0.5) is 5.13 Å². The van der Waals surface area contributed by atoms with Crippen molar-refractivity contribution in [2.75, 3.05) is 12.4 Å². The van der Waals surface area contributed by atoms with Crippen molar-refractivity contribution in [3.63, 3.8) is 0 Å². The molecule has 5 heteroatoms. The Morgan fingerprint density at radius 2 is 2.15 bits per heavy atom. The molecule has 1 atom stereocenters. The Morgan fingerprint density at radius 1 is 1.40 bits per heavy atom. The van der Waals surface area contributed by atoms with E-state index < -0.39 is 0 Å². The summed E-state index contributed by atoms with van der Waals surface area (Å²) in [6.07, 6.45) is 1.19. The standard InChI is InChI=1S/C15H18N2O2S/c1-3-13(11-7-5-4-6-8-11)17-15-16-12(10-20-15)9-14(18)19-2/h4-8,10,13H,3,9H2,1-2H3,(H,16,17). The number of methoxy groups -OCH3 is 1. The molecular formula is C15H18N2O2S. The summed E-state index contributed by atoms with van der Waals surface area (Å²) < 4.78 is 4.64. The van der Waals surface area contributed by atoms with Crippen molar-refractivity contribution in [3.8, 4) is 0 Å². The van der Waals surface area contributed by atoms with E-state index in [9.17, 15) is 4.79 Å². The molecule has 106 valence electrons. The first-order chi connectivity index (χ1) is 9.72. The van der Waals surface area contributed by atoms with Crippen molar-refractivity contribution >= 4 is 22.4 Å². The summed E-state index contributed by atoms with van der Waals surface area (Å²) >= 11 is 1.51. The van der Waals surface area contributed by atoms with Gasteiger partial charge >= 0.3 is 5.97 Å². The highest BCUT2D eigenvalue weighted by Crippen LogP contribution is 2.25. The van der Waals surface area contributed by atoms with Crippen LogP contribution in [0.5, 0.6) is 0 Å². The van der Waals surface area contributed by atoms with E-state index in [1.807, 2.05) is 23.6 Å². The summed E-state index contributed by atoms with van der Waals surface area (Å²) in [6, 6.07) is 10.5. The first-order valence-electron chi connectivity index (χ1n) is 6.55. The second-order valence-corrected chi connectivity index (χ2v) is 5.27. The second kappa shape index (κ2) is 7.05. The summed E-state index contributed by atoms with van der Waals surface area (Å²) in [7, 11) is 1.39. The Kier molecular flexibility index (Phi) is 5.12. The molecule has 0 radical (unpaired) electrons. The number of hydrogen-bond acceptors (Lipinski definition) is 5. The lowest BCUT2D eigenvalue weighted by molar-refractivity contribution is -0.139. The molecule has 0 amide bonds. The number of ether oxygens (including phenoxy) is 1. The largest absolute Gasteiger partial charge is 0.469 e. The zero-order valence-corrected chi connectivity index (χ0v) is 12.4. The van der Waals surface area contributed by atoms with Crippen molar-refractivity contribution in [1.29, 1.82) is 0 Å². The Labute approximate surface area is 122 Å². The molecule has 0 bridgehead atoms. The summed E-state index contributed by atoms with van der Waals surface area (Å²) in [5.74, 6) is -0.267. The first-order valence-corrected chi connectivity index (χ1v) is 7.43. The van der Waals surface area contributed by atoms with Gasteiger partial charge in [-0.25, -0.2) is 4.98 Å². The molecule has 1 aromatic carbocycles. The monoisotopic (exact) mass is 290 g/mol. The van der Waals surface area contributed by atoms with E-state index in [0.29, 0.717) is 0 Å². The number of rotatable bonds is 6. The van der Waals surface area contributed by atoms with Crippen molar-refractivity contribution < 1.29 is 9.53 Å². The predicted octanol–water partition coefficient (Wildman–Crippen LogP) is 3.42. The molecule has 1 heterocycles. The number of esters is 1. The molecule has 0 saturated carbocycles. The maximum Gasteiger partial charge on any atom is 0.311 e. The summed E-state index contributed by atoms with van der Waals surface area (Å²) in [5.41, 5.74) is 1.98. The normalized spacial score (nSPS) is 11.9. The fraction of sp³-hybridized carbons (Fsp3) is 0.333. The molecule has 0 aliphatic carbocycles. The maximum atomic E-state index is 11.2. The second-order valence-electron chi connectivity index (χ2n) is 4.41. The Balaban J connectivity index is 2.03. The number of nitrogens with zero attached hydrogens (tertiary/aromatic N) is 1. The zero-order chi connectivity index (χ0) is 14.4. The van der Waals surface area contributed by atoms with Gasteiger partial charge in [-0.2, -0.15) is 0 Å². The van der Waals surface area contributed by atoms with E-state index in [4.69, 9.17) is 0 Å². The zero-order valence-electron chi connectivity index (χ0n) is 11.6. The first kappa shape index (κ1) is 14.5. The molecule has 2 aromatic rings. The van der Waals surface area contributed by atoms with Crippen LogP contribution in [0.15, 0.2) is 35.7 Å². The van der Waals surface area contributed by atoms with Crippen molar-refractivity contribution in [2.24, 2.45) is 0 Å². The molecule has 1 aromatic heterocycles. The van der Waals surface area contributed by atoms with Gasteiger partial charge in [0.1, 0.15) is 0 Å². The van der Waals surface area contributed by atoms with Gasteiger partial charge in [0.05, 0.1) is 25.3 Å². The maximum absolute atomic E-state index is 11.2. The molecule has 0 saturated heterocycles. The van der Waals surface area contributed by atoms with Gasteiger partial charge in [-0.05, 0) is 12.0 Å². The van der Waals surface area contributed by atoms with Crippen LogP contribution in [0, 0.1) is 0 Å². The van der Waals surface area contributed by atoms with Crippen molar-refractivity contribution in [2.45, 2.75) is 25.8 Å². The molecule has 0 aliphatic rings. The average Bonchev–Trinajstić information content (AvgIpc) is 2.92. The number of nitrogens with one attached hydrogen (secondary N) is 1. The van der Waals surface area contributed by atoms with Crippen LogP contribution >= 0.6 is 11.3 Å². The van der Waals surface area contributed by atoms with Crippen LogP contribution in [-0.2, 0) is 16.0 Å². The number of thiazole rings is 1. The lowest BCUT2D eigenvalue weighted by Gasteiger charge is -2.16. The molecule has 1 N–H and O–H groups in total. The number of benzene rings is 1. The minimum atomic E-state index is -0.267. The Hall–Kier alpha value is -1.88. The van der Waals surface area contributed by atoms with Gasteiger partial charge in [0.15, 0.2) is 5.13 Å². The molecule has 20 heavy (non-hydrogen) atoms. The molecular weight excluding hydrogens is 272 g/mol. The fourth-order valence-corrected chi connectivity index (χ4v) is 2.69. The van der Waals surface area contributed by atoms with Crippen LogP contribution in [0.2, 0.25) is 0 Å². The van der Waals surface area contributed by atoms with Gasteiger partial charge in [0.25, 0.3) is 0 Å². The molecule has 4 nitrogen and oxygen atoms in total. The topological polar surface area (TPSA) is 51.2 Å². The van der Waals surface area contributed by atoms with Gasteiger partial charge in [-0.15, -0.1) is 11.3 Å². The fourth-order valence-electron chi connectivity index (χ4n) is 1.93. The predicted molar refractivity (Wildman–Crippen MR) is 80.9 cm³/mol. The summed E-state index contributed by atoms with van der Waals surface area (Å²) in [4.78, 5) is 15.6. The van der Waals surface area contributed by atoms with Crippen molar-refractivity contribution in [3.05, 3.63) is 47.0 Å². The smallest absolute Gasteiger partial charge is 0.311 e. The SMILES string of the molecule is CCC(Nc1nc(CC(=O)OC)cs1)c1ccccc1. The van der Waals surface area contributed by atoms with Gasteiger partial charge in [0.2, 0.25) is 0 Å². The molecule has 0 fully saturated rings. The highest BCUT2D eigenvalue weighted by molar-refractivity contribution is 7.13. The third kappa shape index (κ3) is 3.81. The summed E-state index contributed by atoms with van der Waals surface area (Å²) in [5, 5.41) is 6.13. The molecule has 0 spiro atoms. The number of carbonyl (C=O) groups is 1. The number of carbonyl (C=O) groups excluding carboxylic acids is 1. The molecule has 1 unspecified atom stereocenters. The Morgan fingerprint density at radius 3 is 2.80 bits per heavy atom. The van der Waals surface area contributed by atoms with Crippen LogP contribution in [0.3, 0.4) is 0 Å². The van der Waals surface area contributed by atoms with Crippen LogP contribution < -0.4 is 5.32 Å². The molecule has 2 rings (SSSR count).